The molecule has 1 amide bonds. The predicted octanol–water partition coefficient (Wildman–Crippen LogP) is 2.77. The zero-order valence-corrected chi connectivity index (χ0v) is 16.5. The van der Waals surface area contributed by atoms with Crippen LogP contribution < -0.4 is 4.90 Å². The van der Waals surface area contributed by atoms with E-state index in [-0.39, 0.29) is 5.91 Å². The Morgan fingerprint density at radius 3 is 2.89 bits per heavy atom. The van der Waals surface area contributed by atoms with Crippen molar-refractivity contribution in [2.75, 3.05) is 31.1 Å². The number of nitrogens with zero attached hydrogens (tertiary/aromatic N) is 5. The van der Waals surface area contributed by atoms with Crippen LogP contribution in [0, 0.1) is 0 Å². The summed E-state index contributed by atoms with van der Waals surface area (Å²) in [6.07, 6.45) is 8.02. The normalized spacial score (nSPS) is 22.6. The second-order valence-electron chi connectivity index (χ2n) is 8.44. The molecular weight excluding hydrogens is 350 g/mol. The highest BCUT2D eigenvalue weighted by molar-refractivity contribution is 5.96. The molecule has 28 heavy (non-hydrogen) atoms. The molecule has 3 aliphatic heterocycles. The molecule has 1 fully saturated rings. The van der Waals surface area contributed by atoms with Gasteiger partial charge in [-0.25, -0.2) is 0 Å². The number of piperidine rings is 1. The lowest BCUT2D eigenvalue weighted by Gasteiger charge is -2.33. The number of benzene rings is 1. The number of hydrogen-bond acceptors (Lipinski definition) is 4. The first-order chi connectivity index (χ1) is 13.8. The van der Waals surface area contributed by atoms with Crippen LogP contribution in [0.5, 0.6) is 0 Å². The summed E-state index contributed by atoms with van der Waals surface area (Å²) in [7, 11) is 0. The second-order valence-corrected chi connectivity index (χ2v) is 8.44. The fourth-order valence-electron chi connectivity index (χ4n) is 5.09. The Morgan fingerprint density at radius 1 is 1.00 bits per heavy atom. The number of carbonyl (C=O) groups excluding carboxylic acids is 1. The van der Waals surface area contributed by atoms with E-state index in [9.17, 15) is 4.79 Å². The van der Waals surface area contributed by atoms with E-state index in [0.29, 0.717) is 12.5 Å². The summed E-state index contributed by atoms with van der Waals surface area (Å²) in [6, 6.07) is 8.29. The van der Waals surface area contributed by atoms with Gasteiger partial charge in [-0.2, -0.15) is 0 Å². The average Bonchev–Trinajstić information content (AvgIpc) is 3.26. The molecule has 0 radical (unpaired) electrons. The summed E-state index contributed by atoms with van der Waals surface area (Å²) < 4.78 is 2.37. The number of aromatic nitrogens is 3. The molecule has 2 aromatic rings. The molecule has 0 aliphatic carbocycles. The maximum absolute atomic E-state index is 13.0. The third-order valence-corrected chi connectivity index (χ3v) is 6.56. The lowest BCUT2D eigenvalue weighted by atomic mass is 9.97. The highest BCUT2D eigenvalue weighted by Crippen LogP contribution is 2.30. The van der Waals surface area contributed by atoms with Gasteiger partial charge in [0.05, 0.1) is 6.54 Å². The molecule has 6 nitrogen and oxygen atoms in total. The predicted molar refractivity (Wildman–Crippen MR) is 108 cm³/mol. The Hall–Kier alpha value is -2.21. The van der Waals surface area contributed by atoms with Crippen LogP contribution in [0.4, 0.5) is 5.69 Å². The second kappa shape index (κ2) is 7.66. The van der Waals surface area contributed by atoms with Gasteiger partial charge in [-0.15, -0.1) is 10.2 Å². The molecule has 4 heterocycles. The Bertz CT molecular complexity index is 860. The number of amides is 1. The molecule has 0 saturated carbocycles. The first-order valence-corrected chi connectivity index (χ1v) is 10.8. The molecule has 1 unspecified atom stereocenters. The van der Waals surface area contributed by atoms with Crippen molar-refractivity contribution in [3.63, 3.8) is 0 Å². The van der Waals surface area contributed by atoms with Crippen molar-refractivity contribution in [3.05, 3.63) is 41.5 Å². The van der Waals surface area contributed by atoms with E-state index in [1.807, 2.05) is 11.0 Å². The number of fused-ring (bicyclic) bond motifs is 2. The maximum atomic E-state index is 13.0. The van der Waals surface area contributed by atoms with Gasteiger partial charge < -0.3 is 9.47 Å². The molecule has 1 atom stereocenters. The largest absolute Gasteiger partial charge is 0.315 e. The zero-order valence-electron chi connectivity index (χ0n) is 16.5. The molecular formula is C22H29N5O. The van der Waals surface area contributed by atoms with Crippen LogP contribution in [0.2, 0.25) is 0 Å². The van der Waals surface area contributed by atoms with Gasteiger partial charge in [0.2, 0.25) is 5.91 Å². The molecule has 0 bridgehead atoms. The molecule has 3 aliphatic rings. The van der Waals surface area contributed by atoms with E-state index < -0.39 is 0 Å². The van der Waals surface area contributed by atoms with Crippen LogP contribution in [0.1, 0.15) is 55.2 Å². The lowest BCUT2D eigenvalue weighted by Crippen LogP contribution is -2.43. The van der Waals surface area contributed by atoms with Crippen LogP contribution in [0.3, 0.4) is 0 Å². The molecule has 5 rings (SSSR count). The van der Waals surface area contributed by atoms with Gasteiger partial charge >= 0.3 is 0 Å². The SMILES string of the molecule is O=C(CN1CCCC(c2nnc3n2CCCCC3)C1)N1CCc2ccccc21. The van der Waals surface area contributed by atoms with Gasteiger partial charge in [-0.3, -0.25) is 9.69 Å². The summed E-state index contributed by atoms with van der Waals surface area (Å²) in [4.78, 5) is 17.3. The first-order valence-electron chi connectivity index (χ1n) is 10.8. The number of likely N-dealkylation sites (tertiary alicyclic amines) is 1. The molecule has 0 N–H and O–H groups in total. The minimum absolute atomic E-state index is 0.227. The third-order valence-electron chi connectivity index (χ3n) is 6.56. The monoisotopic (exact) mass is 379 g/mol. The molecule has 0 spiro atoms. The van der Waals surface area contributed by atoms with Crippen molar-refractivity contribution < 1.29 is 4.79 Å². The molecule has 6 heteroatoms. The average molecular weight is 380 g/mol. The van der Waals surface area contributed by atoms with Crippen molar-refractivity contribution in [3.8, 4) is 0 Å². The number of carbonyl (C=O) groups is 1. The lowest BCUT2D eigenvalue weighted by molar-refractivity contribution is -0.119. The summed E-state index contributed by atoms with van der Waals surface area (Å²) in [5, 5.41) is 9.06. The van der Waals surface area contributed by atoms with Gasteiger partial charge in [0.15, 0.2) is 0 Å². The standard InChI is InChI=1S/C22H29N5O/c28-21(26-14-11-17-7-3-4-9-19(17)26)16-25-12-6-8-18(15-25)22-24-23-20-10-2-1-5-13-27(20)22/h3-4,7,9,18H,1-2,5-6,8,10-16H2. The van der Waals surface area contributed by atoms with Gasteiger partial charge in [0.1, 0.15) is 11.6 Å². The van der Waals surface area contributed by atoms with Crippen LogP contribution in [-0.4, -0.2) is 51.8 Å². The van der Waals surface area contributed by atoms with Gasteiger partial charge in [0, 0.05) is 37.7 Å². The zero-order chi connectivity index (χ0) is 18.9. The Balaban J connectivity index is 1.27. The smallest absolute Gasteiger partial charge is 0.241 e. The fraction of sp³-hybridized carbons (Fsp3) is 0.591. The number of rotatable bonds is 3. The maximum Gasteiger partial charge on any atom is 0.241 e. The molecule has 1 aromatic heterocycles. The van der Waals surface area contributed by atoms with Crippen molar-refractivity contribution in [2.45, 2.75) is 57.4 Å². The Morgan fingerprint density at radius 2 is 1.93 bits per heavy atom. The van der Waals surface area contributed by atoms with Crippen LogP contribution >= 0.6 is 0 Å². The van der Waals surface area contributed by atoms with Crippen molar-refractivity contribution in [1.29, 1.82) is 0 Å². The minimum Gasteiger partial charge on any atom is -0.315 e. The van der Waals surface area contributed by atoms with Gasteiger partial charge in [-0.1, -0.05) is 24.6 Å². The summed E-state index contributed by atoms with van der Waals surface area (Å²) in [5.74, 6) is 2.94. The number of anilines is 1. The fourth-order valence-corrected chi connectivity index (χ4v) is 5.09. The van der Waals surface area contributed by atoms with Crippen LogP contribution in [0.25, 0.3) is 0 Å². The molecule has 1 aromatic carbocycles. The molecule has 148 valence electrons. The van der Waals surface area contributed by atoms with Gasteiger partial charge in [-0.05, 0) is 50.3 Å². The number of para-hydroxylation sites is 1. The van der Waals surface area contributed by atoms with E-state index >= 15 is 0 Å². The Labute approximate surface area is 166 Å². The van der Waals surface area contributed by atoms with Gasteiger partial charge in [0.25, 0.3) is 0 Å². The van der Waals surface area contributed by atoms with Crippen molar-refractivity contribution in [2.24, 2.45) is 0 Å². The van der Waals surface area contributed by atoms with Crippen LogP contribution in [-0.2, 0) is 24.2 Å². The molecule has 1 saturated heterocycles. The summed E-state index contributed by atoms with van der Waals surface area (Å²) in [5.41, 5.74) is 2.39. The highest BCUT2D eigenvalue weighted by atomic mass is 16.2. The first kappa shape index (κ1) is 17.9. The number of hydrogen-bond donors (Lipinski definition) is 0. The Kier molecular flexibility index (Phi) is 4.89. The van der Waals surface area contributed by atoms with E-state index in [4.69, 9.17) is 0 Å². The van der Waals surface area contributed by atoms with Crippen LogP contribution in [0.15, 0.2) is 24.3 Å². The van der Waals surface area contributed by atoms with Crippen molar-refractivity contribution >= 4 is 11.6 Å². The third kappa shape index (κ3) is 3.34. The highest BCUT2D eigenvalue weighted by Gasteiger charge is 2.30. The topological polar surface area (TPSA) is 54.3 Å². The quantitative estimate of drug-likeness (QED) is 0.823. The van der Waals surface area contributed by atoms with E-state index in [0.717, 1.165) is 69.2 Å². The van der Waals surface area contributed by atoms with E-state index in [1.165, 1.54) is 24.8 Å². The summed E-state index contributed by atoms with van der Waals surface area (Å²) in [6.45, 7) is 4.29. The summed E-state index contributed by atoms with van der Waals surface area (Å²) >= 11 is 0. The minimum atomic E-state index is 0.227. The number of aryl methyl sites for hydroxylation is 1. The van der Waals surface area contributed by atoms with Crippen molar-refractivity contribution in [1.82, 2.24) is 19.7 Å². The van der Waals surface area contributed by atoms with E-state index in [2.05, 4.69) is 37.9 Å². The van der Waals surface area contributed by atoms with E-state index in [1.54, 1.807) is 0 Å².